The van der Waals surface area contributed by atoms with Crippen LogP contribution in [0.2, 0.25) is 0 Å². The average molecular weight is 234 g/mol. The Morgan fingerprint density at radius 1 is 1.35 bits per heavy atom. The Morgan fingerprint density at radius 2 is 2.06 bits per heavy atom. The van der Waals surface area contributed by atoms with E-state index in [-0.39, 0.29) is 0 Å². The van der Waals surface area contributed by atoms with Crippen molar-refractivity contribution in [1.29, 1.82) is 0 Å². The highest BCUT2D eigenvalue weighted by atomic mass is 15.2. The monoisotopic (exact) mass is 234 g/mol. The van der Waals surface area contributed by atoms with Crippen molar-refractivity contribution < 1.29 is 0 Å². The van der Waals surface area contributed by atoms with Crippen molar-refractivity contribution in [3.63, 3.8) is 0 Å². The number of nitrogens with one attached hydrogen (secondary N) is 1. The smallest absolute Gasteiger partial charge is 0.224 e. The van der Waals surface area contributed by atoms with Gasteiger partial charge in [0.15, 0.2) is 0 Å². The first-order valence-corrected chi connectivity index (χ1v) is 6.43. The summed E-state index contributed by atoms with van der Waals surface area (Å²) in [6.45, 7) is 3.12. The van der Waals surface area contributed by atoms with Gasteiger partial charge in [-0.1, -0.05) is 12.8 Å². The third kappa shape index (κ3) is 3.08. The molecule has 4 heteroatoms. The number of aromatic nitrogens is 2. The Hall–Kier alpha value is -1.32. The van der Waals surface area contributed by atoms with Gasteiger partial charge in [0.25, 0.3) is 0 Å². The van der Waals surface area contributed by atoms with Crippen LogP contribution < -0.4 is 10.2 Å². The molecule has 1 fully saturated rings. The average Bonchev–Trinajstić information content (AvgIpc) is 2.81. The third-order valence-corrected chi connectivity index (χ3v) is 3.46. The van der Waals surface area contributed by atoms with Gasteiger partial charge in [0.2, 0.25) is 5.95 Å². The molecule has 1 aromatic rings. The van der Waals surface area contributed by atoms with E-state index in [2.05, 4.69) is 33.3 Å². The van der Waals surface area contributed by atoms with Crippen molar-refractivity contribution in [2.45, 2.75) is 32.6 Å². The van der Waals surface area contributed by atoms with Crippen LogP contribution in [0.4, 0.5) is 11.8 Å². The molecule has 1 aliphatic rings. The topological polar surface area (TPSA) is 41.1 Å². The van der Waals surface area contributed by atoms with Crippen LogP contribution in [0.1, 0.15) is 31.4 Å². The highest BCUT2D eigenvalue weighted by molar-refractivity contribution is 5.43. The van der Waals surface area contributed by atoms with E-state index in [0.717, 1.165) is 24.0 Å². The van der Waals surface area contributed by atoms with Gasteiger partial charge in [0.05, 0.1) is 0 Å². The van der Waals surface area contributed by atoms with Crippen molar-refractivity contribution in [2.24, 2.45) is 5.92 Å². The van der Waals surface area contributed by atoms with Crippen LogP contribution in [0, 0.1) is 12.8 Å². The summed E-state index contributed by atoms with van der Waals surface area (Å²) >= 11 is 0. The van der Waals surface area contributed by atoms with Gasteiger partial charge < -0.3 is 10.2 Å². The standard InChI is InChI=1S/C13H22N4/c1-10-8-12(16-13(14-2)15-10)17(3)9-11-6-4-5-7-11/h8,11H,4-7,9H2,1-3H3,(H,14,15,16). The van der Waals surface area contributed by atoms with Gasteiger partial charge in [-0.3, -0.25) is 0 Å². The van der Waals surface area contributed by atoms with E-state index >= 15 is 0 Å². The van der Waals surface area contributed by atoms with Gasteiger partial charge in [-0.05, 0) is 25.7 Å². The second-order valence-corrected chi connectivity index (χ2v) is 4.97. The molecule has 2 rings (SSSR count). The number of anilines is 2. The van der Waals surface area contributed by atoms with Crippen molar-refractivity contribution in [3.05, 3.63) is 11.8 Å². The molecule has 0 unspecified atom stereocenters. The summed E-state index contributed by atoms with van der Waals surface area (Å²) in [5.74, 6) is 2.57. The highest BCUT2D eigenvalue weighted by Gasteiger charge is 2.17. The zero-order valence-electron chi connectivity index (χ0n) is 11.0. The van der Waals surface area contributed by atoms with E-state index in [1.807, 2.05) is 14.0 Å². The maximum Gasteiger partial charge on any atom is 0.224 e. The molecule has 1 saturated carbocycles. The Morgan fingerprint density at radius 3 is 2.71 bits per heavy atom. The normalized spacial score (nSPS) is 16.2. The fraction of sp³-hybridized carbons (Fsp3) is 0.692. The Balaban J connectivity index is 2.06. The number of hydrogen-bond acceptors (Lipinski definition) is 4. The fourth-order valence-corrected chi connectivity index (χ4v) is 2.53. The zero-order valence-corrected chi connectivity index (χ0v) is 11.0. The largest absolute Gasteiger partial charge is 0.359 e. The van der Waals surface area contributed by atoms with Crippen molar-refractivity contribution in [1.82, 2.24) is 9.97 Å². The van der Waals surface area contributed by atoms with Gasteiger partial charge in [0.1, 0.15) is 5.82 Å². The predicted molar refractivity (Wildman–Crippen MR) is 71.5 cm³/mol. The quantitative estimate of drug-likeness (QED) is 0.869. The van der Waals surface area contributed by atoms with Gasteiger partial charge in [-0.25, -0.2) is 4.98 Å². The minimum absolute atomic E-state index is 0.707. The molecule has 0 spiro atoms. The van der Waals surface area contributed by atoms with E-state index in [1.54, 1.807) is 0 Å². The molecule has 1 N–H and O–H groups in total. The van der Waals surface area contributed by atoms with Gasteiger partial charge in [0, 0.05) is 32.4 Å². The number of aryl methyl sites for hydroxylation is 1. The molecule has 0 radical (unpaired) electrons. The van der Waals surface area contributed by atoms with Crippen LogP contribution >= 0.6 is 0 Å². The second-order valence-electron chi connectivity index (χ2n) is 4.97. The molecule has 0 aromatic carbocycles. The number of nitrogens with zero attached hydrogens (tertiary/aromatic N) is 3. The van der Waals surface area contributed by atoms with E-state index in [4.69, 9.17) is 0 Å². The van der Waals surface area contributed by atoms with Crippen LogP contribution in [-0.2, 0) is 0 Å². The summed E-state index contributed by atoms with van der Waals surface area (Å²) < 4.78 is 0. The van der Waals surface area contributed by atoms with Gasteiger partial charge >= 0.3 is 0 Å². The van der Waals surface area contributed by atoms with Crippen molar-refractivity contribution >= 4 is 11.8 Å². The van der Waals surface area contributed by atoms with E-state index in [0.29, 0.717) is 5.95 Å². The van der Waals surface area contributed by atoms with Gasteiger partial charge in [-0.2, -0.15) is 4.98 Å². The molecule has 0 bridgehead atoms. The van der Waals surface area contributed by atoms with Crippen LogP contribution in [0.5, 0.6) is 0 Å². The van der Waals surface area contributed by atoms with Crippen LogP contribution in [-0.4, -0.2) is 30.6 Å². The lowest BCUT2D eigenvalue weighted by molar-refractivity contribution is 0.545. The lowest BCUT2D eigenvalue weighted by Gasteiger charge is -2.22. The molecule has 17 heavy (non-hydrogen) atoms. The first kappa shape index (κ1) is 12.1. The summed E-state index contributed by atoms with van der Waals surface area (Å²) in [5, 5.41) is 3.01. The van der Waals surface area contributed by atoms with Crippen molar-refractivity contribution in [2.75, 3.05) is 30.9 Å². The number of rotatable bonds is 4. The molecular formula is C13H22N4. The SMILES string of the molecule is CNc1nc(C)cc(N(C)CC2CCCC2)n1. The molecule has 94 valence electrons. The number of hydrogen-bond donors (Lipinski definition) is 1. The maximum atomic E-state index is 4.50. The Labute approximate surface area is 103 Å². The second kappa shape index (κ2) is 5.34. The van der Waals surface area contributed by atoms with E-state index in [9.17, 15) is 0 Å². The highest BCUT2D eigenvalue weighted by Crippen LogP contribution is 2.26. The molecule has 1 aromatic heterocycles. The molecule has 0 aliphatic heterocycles. The maximum absolute atomic E-state index is 4.50. The van der Waals surface area contributed by atoms with E-state index < -0.39 is 0 Å². The summed E-state index contributed by atoms with van der Waals surface area (Å²) in [7, 11) is 3.98. The summed E-state index contributed by atoms with van der Waals surface area (Å²) in [6, 6.07) is 2.05. The third-order valence-electron chi connectivity index (χ3n) is 3.46. The molecule has 1 aliphatic carbocycles. The molecule has 4 nitrogen and oxygen atoms in total. The van der Waals surface area contributed by atoms with Crippen LogP contribution in [0.3, 0.4) is 0 Å². The van der Waals surface area contributed by atoms with Crippen LogP contribution in [0.15, 0.2) is 6.07 Å². The lowest BCUT2D eigenvalue weighted by atomic mass is 10.1. The molecule has 1 heterocycles. The Bertz CT molecular complexity index is 372. The Kier molecular flexibility index (Phi) is 3.82. The predicted octanol–water partition coefficient (Wildman–Crippen LogP) is 2.45. The molecule has 0 atom stereocenters. The van der Waals surface area contributed by atoms with E-state index in [1.165, 1.54) is 25.7 Å². The first-order valence-electron chi connectivity index (χ1n) is 6.43. The minimum Gasteiger partial charge on any atom is -0.359 e. The summed E-state index contributed by atoms with van der Waals surface area (Å²) in [5.41, 5.74) is 1.01. The zero-order chi connectivity index (χ0) is 12.3. The van der Waals surface area contributed by atoms with Gasteiger partial charge in [-0.15, -0.1) is 0 Å². The van der Waals surface area contributed by atoms with Crippen LogP contribution in [0.25, 0.3) is 0 Å². The fourth-order valence-electron chi connectivity index (χ4n) is 2.53. The summed E-state index contributed by atoms with van der Waals surface area (Å²) in [4.78, 5) is 11.1. The minimum atomic E-state index is 0.707. The van der Waals surface area contributed by atoms with Crippen molar-refractivity contribution in [3.8, 4) is 0 Å². The molecular weight excluding hydrogens is 212 g/mol. The molecule has 0 saturated heterocycles. The first-order chi connectivity index (χ1) is 8.19. The molecule has 0 amide bonds. The lowest BCUT2D eigenvalue weighted by Crippen LogP contribution is -2.25. The summed E-state index contributed by atoms with van der Waals surface area (Å²) in [6.07, 6.45) is 5.52.